The molecule has 0 unspecified atom stereocenters. The maximum Gasteiger partial charge on any atom is 0.293 e. The number of hydrogen-bond acceptors (Lipinski definition) is 7. The number of carbonyl (C=O) groups is 1. The molecule has 8 nitrogen and oxygen atoms in total. The lowest BCUT2D eigenvalue weighted by Gasteiger charge is -2.17. The number of hydrogen-bond donors (Lipinski definition) is 3. The Morgan fingerprint density at radius 2 is 2.09 bits per heavy atom. The van der Waals surface area contributed by atoms with Crippen LogP contribution in [0.15, 0.2) is 65.3 Å². The van der Waals surface area contributed by atoms with E-state index >= 15 is 0 Å². The number of rotatable bonds is 11. The van der Waals surface area contributed by atoms with E-state index in [1.165, 1.54) is 41.7 Å². The maximum atomic E-state index is 14.1. The van der Waals surface area contributed by atoms with Gasteiger partial charge in [-0.15, -0.1) is 6.58 Å². The first-order valence-corrected chi connectivity index (χ1v) is 10.6. The van der Waals surface area contributed by atoms with Crippen molar-refractivity contribution in [2.45, 2.75) is 26.2 Å². The minimum absolute atomic E-state index is 0.123. The number of pyridine rings is 1. The molecule has 2 rings (SSSR count). The average Bonchev–Trinajstić information content (AvgIpc) is 2.82. The van der Waals surface area contributed by atoms with Crippen LogP contribution in [0.5, 0.6) is 0 Å². The van der Waals surface area contributed by atoms with Crippen LogP contribution in [0, 0.1) is 6.92 Å². The number of aromatic nitrogens is 1. The Morgan fingerprint density at radius 3 is 2.76 bits per heavy atom. The Morgan fingerprint density at radius 1 is 1.32 bits per heavy atom. The lowest BCUT2D eigenvalue weighted by Crippen LogP contribution is -2.26. The van der Waals surface area contributed by atoms with Crippen molar-refractivity contribution in [1.82, 2.24) is 9.99 Å². The van der Waals surface area contributed by atoms with Crippen LogP contribution in [0.2, 0.25) is 0 Å². The van der Waals surface area contributed by atoms with Gasteiger partial charge in [-0.25, -0.2) is 9.99 Å². The minimum Gasteiger partial charge on any atom is -0.397 e. The van der Waals surface area contributed by atoms with Crippen molar-refractivity contribution in [2.75, 3.05) is 18.5 Å². The fourth-order valence-electron chi connectivity index (χ4n) is 2.88. The number of benzene rings is 1. The van der Waals surface area contributed by atoms with E-state index < -0.39 is 18.0 Å². The Hall–Kier alpha value is -3.92. The molecule has 0 radical (unpaired) electrons. The summed E-state index contributed by atoms with van der Waals surface area (Å²) in [4.78, 5) is 17.0. The van der Waals surface area contributed by atoms with Crippen molar-refractivity contribution in [3.63, 3.8) is 0 Å². The van der Waals surface area contributed by atoms with Gasteiger partial charge in [0.25, 0.3) is 11.8 Å². The molecule has 0 aliphatic carbocycles. The van der Waals surface area contributed by atoms with Crippen LogP contribution in [0.1, 0.15) is 40.7 Å². The molecule has 1 amide bonds. The molecule has 10 heteroatoms. The summed E-state index contributed by atoms with van der Waals surface area (Å²) in [6.45, 7) is 7.52. The van der Waals surface area contributed by atoms with Crippen molar-refractivity contribution in [3.05, 3.63) is 77.6 Å². The van der Waals surface area contributed by atoms with Crippen molar-refractivity contribution < 1.29 is 13.6 Å². The van der Waals surface area contributed by atoms with Crippen LogP contribution in [-0.2, 0) is 5.92 Å². The summed E-state index contributed by atoms with van der Waals surface area (Å²) in [6.07, 6.45) is 4.80. The second-order valence-electron chi connectivity index (χ2n) is 7.22. The number of alkyl halides is 2. The van der Waals surface area contributed by atoms with Gasteiger partial charge in [-0.1, -0.05) is 23.8 Å². The van der Waals surface area contributed by atoms with E-state index in [0.717, 1.165) is 11.6 Å². The highest BCUT2D eigenvalue weighted by Crippen LogP contribution is 2.30. The molecule has 0 saturated heterocycles. The van der Waals surface area contributed by atoms with Gasteiger partial charge in [0.2, 0.25) is 0 Å². The summed E-state index contributed by atoms with van der Waals surface area (Å²) >= 11 is 0. The van der Waals surface area contributed by atoms with Crippen LogP contribution >= 0.6 is 0 Å². The first kappa shape index (κ1) is 26.3. The SMILES string of the molecule is C=CCC(F)(F)c1cccc(C(N)=CC=NN(CC)C(=O)c2cc(C)ccc2N/N=C\CN)n1. The highest BCUT2D eigenvalue weighted by Gasteiger charge is 2.31. The van der Waals surface area contributed by atoms with Crippen molar-refractivity contribution in [3.8, 4) is 0 Å². The summed E-state index contributed by atoms with van der Waals surface area (Å²) in [5.74, 6) is -3.50. The lowest BCUT2D eigenvalue weighted by molar-refractivity contribution is -0.00546. The van der Waals surface area contributed by atoms with E-state index in [-0.39, 0.29) is 30.4 Å². The second-order valence-corrected chi connectivity index (χ2v) is 7.22. The van der Waals surface area contributed by atoms with Crippen LogP contribution in [0.25, 0.3) is 5.70 Å². The van der Waals surface area contributed by atoms with Crippen molar-refractivity contribution >= 4 is 29.7 Å². The molecule has 5 N–H and O–H groups in total. The predicted molar refractivity (Wildman–Crippen MR) is 133 cm³/mol. The van der Waals surface area contributed by atoms with Gasteiger partial charge in [-0.3, -0.25) is 10.2 Å². The molecule has 2 aromatic rings. The molecular weight excluding hydrogens is 440 g/mol. The Kier molecular flexibility index (Phi) is 9.57. The third-order valence-corrected chi connectivity index (χ3v) is 4.60. The smallest absolute Gasteiger partial charge is 0.293 e. The molecule has 180 valence electrons. The van der Waals surface area contributed by atoms with Gasteiger partial charge in [0.05, 0.1) is 22.6 Å². The molecule has 0 fully saturated rings. The number of nitrogens with zero attached hydrogens (tertiary/aromatic N) is 4. The third-order valence-electron chi connectivity index (χ3n) is 4.60. The van der Waals surface area contributed by atoms with Crippen LogP contribution in [-0.4, -0.2) is 41.4 Å². The van der Waals surface area contributed by atoms with Gasteiger partial charge in [-0.2, -0.15) is 19.0 Å². The van der Waals surface area contributed by atoms with Crippen LogP contribution < -0.4 is 16.9 Å². The molecule has 0 aliphatic rings. The zero-order valence-corrected chi connectivity index (χ0v) is 19.2. The Labute approximate surface area is 197 Å². The maximum absolute atomic E-state index is 14.1. The normalized spacial score (nSPS) is 12.3. The molecule has 1 heterocycles. The molecule has 1 aromatic carbocycles. The van der Waals surface area contributed by atoms with Crippen molar-refractivity contribution in [2.24, 2.45) is 21.7 Å². The van der Waals surface area contributed by atoms with Gasteiger partial charge in [0.15, 0.2) is 0 Å². The fourth-order valence-corrected chi connectivity index (χ4v) is 2.88. The zero-order chi connectivity index (χ0) is 25.1. The summed E-state index contributed by atoms with van der Waals surface area (Å²) in [5, 5.41) is 9.40. The van der Waals surface area contributed by atoms with E-state index in [0.29, 0.717) is 11.3 Å². The minimum atomic E-state index is -3.15. The highest BCUT2D eigenvalue weighted by molar-refractivity contribution is 6.00. The predicted octanol–water partition coefficient (Wildman–Crippen LogP) is 3.86. The van der Waals surface area contributed by atoms with E-state index in [2.05, 4.69) is 27.2 Å². The molecule has 0 bridgehead atoms. The Balaban J connectivity index is 2.24. The molecule has 0 spiro atoms. The third kappa shape index (κ3) is 7.04. The number of nitrogens with one attached hydrogen (secondary N) is 1. The highest BCUT2D eigenvalue weighted by atomic mass is 19.3. The Bertz CT molecular complexity index is 1100. The van der Waals surface area contributed by atoms with Crippen molar-refractivity contribution in [1.29, 1.82) is 0 Å². The molecule has 0 atom stereocenters. The molecule has 0 aliphatic heterocycles. The number of halogens is 2. The number of allylic oxidation sites excluding steroid dienone is 2. The van der Waals surface area contributed by atoms with Gasteiger partial charge >= 0.3 is 0 Å². The zero-order valence-electron chi connectivity index (χ0n) is 19.2. The number of carbonyl (C=O) groups excluding carboxylic acids is 1. The van der Waals surface area contributed by atoms with Gasteiger partial charge in [0, 0.05) is 31.9 Å². The number of amides is 1. The summed E-state index contributed by atoms with van der Waals surface area (Å²) < 4.78 is 28.3. The summed E-state index contributed by atoms with van der Waals surface area (Å²) in [7, 11) is 0. The number of hydrazone groups is 2. The molecule has 1 aromatic heterocycles. The van der Waals surface area contributed by atoms with E-state index in [4.69, 9.17) is 11.5 Å². The van der Waals surface area contributed by atoms with Gasteiger partial charge in [0.1, 0.15) is 5.69 Å². The van der Waals surface area contributed by atoms with E-state index in [1.807, 2.05) is 13.0 Å². The average molecular weight is 470 g/mol. The topological polar surface area (TPSA) is 122 Å². The van der Waals surface area contributed by atoms with Crippen LogP contribution in [0.4, 0.5) is 14.5 Å². The molecular formula is C24H29F2N7O. The van der Waals surface area contributed by atoms with E-state index in [1.54, 1.807) is 19.1 Å². The fraction of sp³-hybridized carbons (Fsp3) is 0.250. The van der Waals surface area contributed by atoms with Gasteiger partial charge < -0.3 is 11.5 Å². The largest absolute Gasteiger partial charge is 0.397 e. The second kappa shape index (κ2) is 12.4. The molecule has 34 heavy (non-hydrogen) atoms. The standard InChI is InChI=1S/C24H29F2N7O/c1-4-12-24(25,26)22-8-6-7-21(31-22)19(28)11-14-30-33(5-2)23(34)18-16-17(3)9-10-20(18)32-29-15-13-27/h4,6-11,14-16,32H,1,5,12-13,27-28H2,2-3H3/b19-11?,29-15-,30-14?. The lowest BCUT2D eigenvalue weighted by atomic mass is 10.1. The van der Waals surface area contributed by atoms with E-state index in [9.17, 15) is 13.6 Å². The van der Waals surface area contributed by atoms with Crippen LogP contribution in [0.3, 0.4) is 0 Å². The number of aryl methyl sites for hydroxylation is 1. The summed E-state index contributed by atoms with van der Waals surface area (Å²) in [6, 6.07) is 9.52. The first-order chi connectivity index (χ1) is 16.2. The van der Waals surface area contributed by atoms with Gasteiger partial charge in [-0.05, 0) is 44.2 Å². The quantitative estimate of drug-likeness (QED) is 0.262. The number of nitrogens with two attached hydrogens (primary N) is 2. The first-order valence-electron chi connectivity index (χ1n) is 10.6. The monoisotopic (exact) mass is 469 g/mol. The summed E-state index contributed by atoms with van der Waals surface area (Å²) in [5.41, 5.74) is 15.9. The number of anilines is 1. The molecule has 0 saturated carbocycles.